The van der Waals surface area contributed by atoms with Crippen LogP contribution in [0.25, 0.3) is 21.5 Å². The van der Waals surface area contributed by atoms with Crippen LogP contribution in [0, 0.1) is 5.92 Å². The Morgan fingerprint density at radius 2 is 1.11 bits per heavy atom. The summed E-state index contributed by atoms with van der Waals surface area (Å²) >= 11 is 0. The fourth-order valence-corrected chi connectivity index (χ4v) is 8.28. The van der Waals surface area contributed by atoms with Crippen LogP contribution in [0.3, 0.4) is 0 Å². The number of hydrogen-bond donors (Lipinski definition) is 5. The Morgan fingerprint density at radius 3 is 1.73 bits per heavy atom. The van der Waals surface area contributed by atoms with E-state index in [1.807, 2.05) is 129 Å². The number of ketones is 1. The second kappa shape index (κ2) is 21.4. The Balaban J connectivity index is 1.09. The predicted molar refractivity (Wildman–Crippen MR) is 242 cm³/mol. The quantitative estimate of drug-likeness (QED) is 0.0797. The fraction of sp³-hybridized carbons (Fsp3) is 0.360. The van der Waals surface area contributed by atoms with E-state index in [0.717, 1.165) is 51.2 Å². The molecular weight excluding hydrogens is 781 g/mol. The summed E-state index contributed by atoms with van der Waals surface area (Å²) in [4.78, 5) is 83.6. The highest BCUT2D eigenvalue weighted by molar-refractivity contribution is 5.96. The number of likely N-dealkylation sites (tertiary alicyclic amines) is 1. The summed E-state index contributed by atoms with van der Waals surface area (Å²) in [6.45, 7) is 7.54. The smallest absolute Gasteiger partial charge is 0.243 e. The number of benzene rings is 5. The van der Waals surface area contributed by atoms with Crippen molar-refractivity contribution in [1.29, 1.82) is 0 Å². The lowest BCUT2D eigenvalue weighted by Gasteiger charge is -2.29. The number of amides is 5. The highest BCUT2D eigenvalue weighted by atomic mass is 16.2. The molecule has 5 aromatic rings. The number of carbonyl (C=O) groups is 6. The molecule has 5 N–H and O–H groups in total. The van der Waals surface area contributed by atoms with E-state index in [1.165, 1.54) is 0 Å². The summed E-state index contributed by atoms with van der Waals surface area (Å²) in [5.41, 5.74) is 2.57. The summed E-state index contributed by atoms with van der Waals surface area (Å²) in [6, 6.07) is 33.5. The van der Waals surface area contributed by atoms with Crippen molar-refractivity contribution in [2.45, 2.75) is 90.0 Å². The topological polar surface area (TPSA) is 166 Å². The summed E-state index contributed by atoms with van der Waals surface area (Å²) in [7, 11) is 0. The highest BCUT2D eigenvalue weighted by Gasteiger charge is 2.35. The molecule has 12 heteroatoms. The molecule has 0 saturated carbocycles. The van der Waals surface area contributed by atoms with Crippen LogP contribution in [-0.4, -0.2) is 90.1 Å². The number of nitrogens with zero attached hydrogens (tertiary/aromatic N) is 1. The third-order valence-electron chi connectivity index (χ3n) is 11.5. The van der Waals surface area contributed by atoms with Crippen molar-refractivity contribution in [3.05, 3.63) is 132 Å². The minimum Gasteiger partial charge on any atom is -0.346 e. The second-order valence-corrected chi connectivity index (χ2v) is 16.7. The van der Waals surface area contributed by atoms with Crippen molar-refractivity contribution in [2.24, 2.45) is 5.92 Å². The number of nitrogens with one attached hydrogen (secondary N) is 5. The summed E-state index contributed by atoms with van der Waals surface area (Å²) in [6.07, 6.45) is 2.17. The van der Waals surface area contributed by atoms with Gasteiger partial charge in [0, 0.05) is 31.2 Å². The van der Waals surface area contributed by atoms with Crippen LogP contribution in [0.5, 0.6) is 0 Å². The first-order valence-electron chi connectivity index (χ1n) is 21.6. The van der Waals surface area contributed by atoms with Crippen LogP contribution < -0.4 is 26.6 Å². The van der Waals surface area contributed by atoms with Gasteiger partial charge in [-0.2, -0.15) is 0 Å². The van der Waals surface area contributed by atoms with E-state index >= 15 is 0 Å². The number of rotatable bonds is 19. The minimum atomic E-state index is -1.07. The van der Waals surface area contributed by atoms with Crippen LogP contribution in [0.4, 0.5) is 0 Å². The molecule has 0 aliphatic carbocycles. The molecule has 324 valence electrons. The van der Waals surface area contributed by atoms with E-state index in [2.05, 4.69) is 31.5 Å². The van der Waals surface area contributed by atoms with E-state index in [4.69, 9.17) is 0 Å². The van der Waals surface area contributed by atoms with E-state index < -0.39 is 54.8 Å². The lowest BCUT2D eigenvalue weighted by Crippen LogP contribution is -2.55. The molecule has 0 spiro atoms. The molecule has 1 fully saturated rings. The molecule has 12 nitrogen and oxygen atoms in total. The highest BCUT2D eigenvalue weighted by Crippen LogP contribution is 2.23. The van der Waals surface area contributed by atoms with Crippen molar-refractivity contribution in [2.75, 3.05) is 19.6 Å². The van der Waals surface area contributed by atoms with Gasteiger partial charge in [0.25, 0.3) is 0 Å². The van der Waals surface area contributed by atoms with Gasteiger partial charge < -0.3 is 26.6 Å². The molecule has 6 rings (SSSR count). The molecule has 1 heterocycles. The Morgan fingerprint density at radius 1 is 0.565 bits per heavy atom. The predicted octanol–water partition coefficient (Wildman–Crippen LogP) is 4.81. The van der Waals surface area contributed by atoms with Gasteiger partial charge in [0.05, 0.1) is 25.2 Å². The summed E-state index contributed by atoms with van der Waals surface area (Å²) in [5, 5.41) is 17.9. The summed E-state index contributed by atoms with van der Waals surface area (Å²) < 4.78 is 0. The zero-order chi connectivity index (χ0) is 44.2. The molecule has 1 aliphatic rings. The van der Waals surface area contributed by atoms with Crippen LogP contribution in [0.15, 0.2) is 115 Å². The number of carbonyl (C=O) groups excluding carboxylic acids is 6. The van der Waals surface area contributed by atoms with Crippen LogP contribution in [0.1, 0.15) is 57.2 Å². The van der Waals surface area contributed by atoms with E-state index in [1.54, 1.807) is 13.8 Å². The van der Waals surface area contributed by atoms with E-state index in [9.17, 15) is 28.8 Å². The van der Waals surface area contributed by atoms with Crippen molar-refractivity contribution in [3.63, 3.8) is 0 Å². The molecule has 0 aromatic heterocycles. The van der Waals surface area contributed by atoms with E-state index in [-0.39, 0.29) is 49.0 Å². The lowest BCUT2D eigenvalue weighted by molar-refractivity contribution is -0.133. The molecule has 1 saturated heterocycles. The standard InChI is InChI=1S/C50H58N6O6/c1-32(2)47(59)41(28-37-21-12-19-35-17-8-10-23-39(35)37)54-49(61)42(27-34-15-6-5-7-16-34)53-46(58)31-51-45(57)30-52-48(60)43(55-50(62)44-25-14-26-56(44)33(3)4)29-38-22-13-20-36-18-9-11-24-40(36)38/h5-13,15-24,32-33,41-44H,14,25-31H2,1-4H3,(H,51,57)(H,52,60)(H,53,58)(H,54,61)(H,55,62)/t41-,42-,43-,44-/m1/s1. The maximum absolute atomic E-state index is 14.0. The van der Waals surface area contributed by atoms with Crippen LogP contribution in [-0.2, 0) is 48.0 Å². The van der Waals surface area contributed by atoms with Gasteiger partial charge in [0.1, 0.15) is 12.1 Å². The average Bonchev–Trinajstić information content (AvgIpc) is 3.78. The first-order valence-corrected chi connectivity index (χ1v) is 21.6. The molecule has 5 amide bonds. The van der Waals surface area contributed by atoms with Gasteiger partial charge in [-0.3, -0.25) is 33.7 Å². The zero-order valence-electron chi connectivity index (χ0n) is 36.0. The SMILES string of the molecule is CC(C)C(=O)[C@@H](Cc1cccc2ccccc12)NC(=O)[C@@H](Cc1ccccc1)NC(=O)CNC(=O)CNC(=O)[C@@H](Cc1cccc2ccccc12)NC(=O)[C@H]1CCCN1C(C)C. The Hall–Kier alpha value is -6.40. The van der Waals surface area contributed by atoms with Crippen molar-refractivity contribution < 1.29 is 28.8 Å². The maximum atomic E-state index is 14.0. The fourth-order valence-electron chi connectivity index (χ4n) is 8.28. The molecule has 0 radical (unpaired) electrons. The largest absolute Gasteiger partial charge is 0.346 e. The first kappa shape index (κ1) is 45.1. The normalized spacial score (nSPS) is 15.5. The zero-order valence-corrected chi connectivity index (χ0v) is 36.0. The Bertz CT molecular complexity index is 2370. The third-order valence-corrected chi connectivity index (χ3v) is 11.5. The van der Waals surface area contributed by atoms with Crippen LogP contribution >= 0.6 is 0 Å². The van der Waals surface area contributed by atoms with Crippen LogP contribution in [0.2, 0.25) is 0 Å². The summed E-state index contributed by atoms with van der Waals surface area (Å²) in [5.74, 6) is -3.07. The molecule has 62 heavy (non-hydrogen) atoms. The number of hydrogen-bond acceptors (Lipinski definition) is 7. The number of Topliss-reactive ketones (excluding diaryl/α,β-unsaturated/α-hetero) is 1. The molecule has 5 aromatic carbocycles. The van der Waals surface area contributed by atoms with E-state index in [0.29, 0.717) is 6.42 Å². The van der Waals surface area contributed by atoms with Gasteiger partial charge in [0.2, 0.25) is 29.5 Å². The molecule has 1 aliphatic heterocycles. The molecular formula is C50H58N6O6. The van der Waals surface area contributed by atoms with Gasteiger partial charge in [-0.05, 0) is 71.5 Å². The average molecular weight is 839 g/mol. The number of fused-ring (bicyclic) bond motifs is 2. The Kier molecular flexibility index (Phi) is 15.6. The van der Waals surface area contributed by atoms with Gasteiger partial charge in [-0.15, -0.1) is 0 Å². The van der Waals surface area contributed by atoms with Gasteiger partial charge in [-0.25, -0.2) is 0 Å². The van der Waals surface area contributed by atoms with Crippen molar-refractivity contribution in [1.82, 2.24) is 31.5 Å². The third kappa shape index (κ3) is 11.9. The lowest BCUT2D eigenvalue weighted by atomic mass is 9.92. The molecule has 4 atom stereocenters. The second-order valence-electron chi connectivity index (χ2n) is 16.7. The molecule has 0 unspecified atom stereocenters. The van der Waals surface area contributed by atoms with Gasteiger partial charge in [-0.1, -0.05) is 129 Å². The van der Waals surface area contributed by atoms with Gasteiger partial charge >= 0.3 is 0 Å². The monoisotopic (exact) mass is 838 g/mol. The maximum Gasteiger partial charge on any atom is 0.243 e. The molecule has 0 bridgehead atoms. The first-order chi connectivity index (χ1) is 29.9. The minimum absolute atomic E-state index is 0.138. The van der Waals surface area contributed by atoms with Gasteiger partial charge in [0.15, 0.2) is 5.78 Å². The van der Waals surface area contributed by atoms with Crippen molar-refractivity contribution in [3.8, 4) is 0 Å². The van der Waals surface area contributed by atoms with Crippen molar-refractivity contribution >= 4 is 56.9 Å². The Labute approximate surface area is 363 Å².